The fraction of sp³-hybridized carbons (Fsp3) is 0.450. The van der Waals surface area contributed by atoms with Gasteiger partial charge in [-0.1, -0.05) is 28.9 Å². The third kappa shape index (κ3) is 4.54. The first kappa shape index (κ1) is 19.1. The maximum absolute atomic E-state index is 12.6. The van der Waals surface area contributed by atoms with Gasteiger partial charge in [0.1, 0.15) is 5.76 Å². The molecule has 0 bridgehead atoms. The molecule has 2 aromatic rings. The van der Waals surface area contributed by atoms with Crippen molar-refractivity contribution < 1.29 is 19.2 Å². The van der Waals surface area contributed by atoms with E-state index in [9.17, 15) is 14.7 Å². The highest BCUT2D eigenvalue weighted by atomic mass is 16.5. The number of aryl methyl sites for hydroxylation is 3. The van der Waals surface area contributed by atoms with Gasteiger partial charge in [-0.25, -0.2) is 0 Å². The summed E-state index contributed by atoms with van der Waals surface area (Å²) in [6.45, 7) is 6.39. The highest BCUT2D eigenvalue weighted by Crippen LogP contribution is 2.16. The van der Waals surface area contributed by atoms with E-state index in [1.54, 1.807) is 17.9 Å². The largest absolute Gasteiger partial charge is 0.389 e. The molecule has 0 spiro atoms. The van der Waals surface area contributed by atoms with Crippen LogP contribution in [0.2, 0.25) is 0 Å². The molecule has 0 aliphatic carbocycles. The van der Waals surface area contributed by atoms with Gasteiger partial charge < -0.3 is 19.8 Å². The summed E-state index contributed by atoms with van der Waals surface area (Å²) in [4.78, 5) is 26.5. The smallest absolute Gasteiger partial charge is 0.273 e. The topological polar surface area (TPSA) is 95.7 Å². The zero-order valence-electron chi connectivity index (χ0n) is 15.9. The van der Waals surface area contributed by atoms with Gasteiger partial charge in [0.25, 0.3) is 5.91 Å². The molecule has 27 heavy (non-hydrogen) atoms. The molecule has 7 nitrogen and oxygen atoms in total. The van der Waals surface area contributed by atoms with Gasteiger partial charge in [-0.2, -0.15) is 0 Å². The number of aliphatic hydroxyl groups excluding tert-OH is 1. The van der Waals surface area contributed by atoms with Crippen molar-refractivity contribution in [3.63, 3.8) is 0 Å². The SMILES string of the molecule is Cc1ccc(C)c(CC(=O)N2CC[C@@H](NC(=O)c3cc(C)on3)[C@H](O)C2)c1. The Morgan fingerprint density at radius 3 is 2.74 bits per heavy atom. The van der Waals surface area contributed by atoms with Crippen molar-refractivity contribution in [2.45, 2.75) is 45.8 Å². The summed E-state index contributed by atoms with van der Waals surface area (Å²) in [5.74, 6) is 0.151. The summed E-state index contributed by atoms with van der Waals surface area (Å²) in [5.41, 5.74) is 3.40. The van der Waals surface area contributed by atoms with Crippen molar-refractivity contribution in [2.75, 3.05) is 13.1 Å². The number of likely N-dealkylation sites (tertiary alicyclic amines) is 1. The molecular formula is C20H25N3O4. The van der Waals surface area contributed by atoms with Crippen LogP contribution in [0.15, 0.2) is 28.8 Å². The van der Waals surface area contributed by atoms with Crippen LogP contribution in [0.3, 0.4) is 0 Å². The lowest BCUT2D eigenvalue weighted by Crippen LogP contribution is -2.55. The number of nitrogens with zero attached hydrogens (tertiary/aromatic N) is 2. The molecule has 1 saturated heterocycles. The van der Waals surface area contributed by atoms with Crippen LogP contribution < -0.4 is 5.32 Å². The first-order valence-electron chi connectivity index (χ1n) is 9.09. The van der Waals surface area contributed by atoms with Crippen molar-refractivity contribution in [3.05, 3.63) is 52.4 Å². The summed E-state index contributed by atoms with van der Waals surface area (Å²) < 4.78 is 4.90. The zero-order valence-corrected chi connectivity index (χ0v) is 15.9. The summed E-state index contributed by atoms with van der Waals surface area (Å²) in [7, 11) is 0. The van der Waals surface area contributed by atoms with Crippen molar-refractivity contribution in [3.8, 4) is 0 Å². The molecule has 1 aliphatic heterocycles. The molecule has 2 atom stereocenters. The van der Waals surface area contributed by atoms with E-state index in [1.807, 2.05) is 32.0 Å². The van der Waals surface area contributed by atoms with Crippen molar-refractivity contribution in [1.82, 2.24) is 15.4 Å². The third-order valence-electron chi connectivity index (χ3n) is 4.96. The molecule has 3 rings (SSSR count). The molecule has 1 aliphatic rings. The van der Waals surface area contributed by atoms with Crippen LogP contribution in [0.25, 0.3) is 0 Å². The summed E-state index contributed by atoms with van der Waals surface area (Å²) in [6.07, 6.45) is -0.0177. The van der Waals surface area contributed by atoms with E-state index in [-0.39, 0.29) is 24.1 Å². The second-order valence-corrected chi connectivity index (χ2v) is 7.21. The predicted octanol–water partition coefficient (Wildman–Crippen LogP) is 1.53. The highest BCUT2D eigenvalue weighted by Gasteiger charge is 2.31. The zero-order chi connectivity index (χ0) is 19.6. The van der Waals surface area contributed by atoms with E-state index in [0.717, 1.165) is 16.7 Å². The van der Waals surface area contributed by atoms with Crippen LogP contribution in [-0.2, 0) is 11.2 Å². The lowest BCUT2D eigenvalue weighted by molar-refractivity contribution is -0.134. The van der Waals surface area contributed by atoms with Crippen molar-refractivity contribution >= 4 is 11.8 Å². The number of β-amino-alcohol motifs (C(OH)–C–C–N with tert-alkyl or cyclic N) is 1. The van der Waals surface area contributed by atoms with Gasteiger partial charge in [0, 0.05) is 19.2 Å². The number of aliphatic hydroxyl groups is 1. The second kappa shape index (κ2) is 7.92. The molecule has 2 N–H and O–H groups in total. The fourth-order valence-corrected chi connectivity index (χ4v) is 3.31. The molecule has 0 radical (unpaired) electrons. The van der Waals surface area contributed by atoms with Gasteiger partial charge in [0.05, 0.1) is 18.6 Å². The number of benzene rings is 1. The number of nitrogens with one attached hydrogen (secondary N) is 1. The van der Waals surface area contributed by atoms with Crippen LogP contribution in [-0.4, -0.2) is 52.2 Å². The summed E-state index contributed by atoms with van der Waals surface area (Å²) >= 11 is 0. The number of carbonyl (C=O) groups is 2. The van der Waals surface area contributed by atoms with Crippen LogP contribution >= 0.6 is 0 Å². The Morgan fingerprint density at radius 2 is 2.07 bits per heavy atom. The van der Waals surface area contributed by atoms with E-state index in [4.69, 9.17) is 4.52 Å². The van der Waals surface area contributed by atoms with E-state index in [2.05, 4.69) is 10.5 Å². The van der Waals surface area contributed by atoms with Gasteiger partial charge in [-0.05, 0) is 38.3 Å². The van der Waals surface area contributed by atoms with Crippen molar-refractivity contribution in [2.24, 2.45) is 0 Å². The van der Waals surface area contributed by atoms with Gasteiger partial charge in [-0.15, -0.1) is 0 Å². The van der Waals surface area contributed by atoms with Crippen molar-refractivity contribution in [1.29, 1.82) is 0 Å². The van der Waals surface area contributed by atoms with Crippen LogP contribution in [0, 0.1) is 20.8 Å². The number of piperidine rings is 1. The Bertz CT molecular complexity index is 846. The third-order valence-corrected chi connectivity index (χ3v) is 4.96. The summed E-state index contributed by atoms with van der Waals surface area (Å²) in [5, 5.41) is 16.9. The lowest BCUT2D eigenvalue weighted by atomic mass is 9.99. The molecule has 144 valence electrons. The second-order valence-electron chi connectivity index (χ2n) is 7.21. The molecule has 0 unspecified atom stereocenters. The minimum Gasteiger partial charge on any atom is -0.389 e. The van der Waals surface area contributed by atoms with Gasteiger partial charge in [-0.3, -0.25) is 9.59 Å². The minimum absolute atomic E-state index is 0.0142. The Labute approximate surface area is 158 Å². The van der Waals surface area contributed by atoms with Gasteiger partial charge in [0.2, 0.25) is 5.91 Å². The average molecular weight is 371 g/mol. The number of aromatic nitrogens is 1. The first-order valence-corrected chi connectivity index (χ1v) is 9.09. The molecule has 1 aromatic heterocycles. The monoisotopic (exact) mass is 371 g/mol. The Morgan fingerprint density at radius 1 is 1.30 bits per heavy atom. The highest BCUT2D eigenvalue weighted by molar-refractivity contribution is 5.92. The van der Waals surface area contributed by atoms with Crippen LogP contribution in [0.4, 0.5) is 0 Å². The molecule has 1 fully saturated rings. The number of amides is 2. The Hall–Kier alpha value is -2.67. The average Bonchev–Trinajstić information content (AvgIpc) is 3.06. The Kier molecular flexibility index (Phi) is 5.60. The first-order chi connectivity index (χ1) is 12.8. The molecule has 1 aromatic carbocycles. The molecule has 2 heterocycles. The maximum Gasteiger partial charge on any atom is 0.273 e. The number of carbonyl (C=O) groups excluding carboxylic acids is 2. The van der Waals surface area contributed by atoms with E-state index in [1.165, 1.54) is 0 Å². The minimum atomic E-state index is -0.821. The predicted molar refractivity (Wildman–Crippen MR) is 99.3 cm³/mol. The van der Waals surface area contributed by atoms with Crippen LogP contribution in [0.5, 0.6) is 0 Å². The summed E-state index contributed by atoms with van der Waals surface area (Å²) in [6, 6.07) is 7.19. The number of rotatable bonds is 4. The maximum atomic E-state index is 12.6. The van der Waals surface area contributed by atoms with E-state index in [0.29, 0.717) is 25.1 Å². The van der Waals surface area contributed by atoms with E-state index < -0.39 is 12.1 Å². The molecular weight excluding hydrogens is 346 g/mol. The standard InChI is InChI=1S/C20H25N3O4/c1-12-4-5-13(2)15(8-12)10-19(25)23-7-6-16(18(24)11-23)21-20(26)17-9-14(3)27-22-17/h4-5,8-9,16,18,24H,6-7,10-11H2,1-3H3,(H,21,26)/t16-,18-/m1/s1. The lowest BCUT2D eigenvalue weighted by Gasteiger charge is -2.36. The Balaban J connectivity index is 1.57. The fourth-order valence-electron chi connectivity index (χ4n) is 3.31. The number of hydrogen-bond acceptors (Lipinski definition) is 5. The normalized spacial score (nSPS) is 19.8. The van der Waals surface area contributed by atoms with E-state index >= 15 is 0 Å². The molecule has 2 amide bonds. The molecule has 0 saturated carbocycles. The van der Waals surface area contributed by atoms with Gasteiger partial charge in [0.15, 0.2) is 5.69 Å². The van der Waals surface area contributed by atoms with Crippen LogP contribution in [0.1, 0.15) is 39.4 Å². The number of hydrogen-bond donors (Lipinski definition) is 2. The van der Waals surface area contributed by atoms with Gasteiger partial charge >= 0.3 is 0 Å². The quantitative estimate of drug-likeness (QED) is 0.850. The molecule has 7 heteroatoms.